The van der Waals surface area contributed by atoms with Crippen LogP contribution in [-0.4, -0.2) is 10.9 Å². The molecular weight excluding hydrogens is 266 g/mol. The lowest BCUT2D eigenvalue weighted by Crippen LogP contribution is -2.05. The number of carbonyl (C=O) groups is 1. The van der Waals surface area contributed by atoms with E-state index in [0.717, 1.165) is 22.0 Å². The summed E-state index contributed by atoms with van der Waals surface area (Å²) >= 11 is 3.13. The number of nitrogen functional groups attached to an aromatic ring is 1. The van der Waals surface area contributed by atoms with Crippen LogP contribution in [0.4, 0.5) is 10.8 Å². The molecule has 0 unspecified atom stereocenters. The number of anilines is 2. The van der Waals surface area contributed by atoms with E-state index in [1.807, 2.05) is 29.6 Å². The zero-order valence-electron chi connectivity index (χ0n) is 9.84. The second kappa shape index (κ2) is 5.88. The Morgan fingerprint density at radius 3 is 2.83 bits per heavy atom. The van der Waals surface area contributed by atoms with Crippen LogP contribution in [0.3, 0.4) is 0 Å². The van der Waals surface area contributed by atoms with Gasteiger partial charge in [0.15, 0.2) is 5.13 Å². The average molecular weight is 279 g/mol. The molecule has 1 aromatic carbocycles. The molecule has 0 saturated heterocycles. The number of hydrogen-bond donors (Lipinski definition) is 2. The van der Waals surface area contributed by atoms with Crippen LogP contribution in [0.15, 0.2) is 34.5 Å². The molecule has 2 rings (SSSR count). The second-order valence-corrected chi connectivity index (χ2v) is 5.59. The summed E-state index contributed by atoms with van der Waals surface area (Å²) in [5, 5.41) is 5.28. The number of carbonyl (C=O) groups excluding carboxylic acids is 1. The Labute approximate surface area is 114 Å². The third-order valence-corrected chi connectivity index (χ3v) is 3.95. The molecule has 0 atom stereocenters. The SMILES string of the molecule is CC(=O)Nc1nc(CSc2ccc(N)cc2)cs1. The van der Waals surface area contributed by atoms with Gasteiger partial charge in [0.2, 0.25) is 5.91 Å². The van der Waals surface area contributed by atoms with Gasteiger partial charge in [-0.05, 0) is 24.3 Å². The molecule has 1 heterocycles. The molecule has 0 radical (unpaired) electrons. The Morgan fingerprint density at radius 1 is 1.44 bits per heavy atom. The first-order valence-electron chi connectivity index (χ1n) is 5.34. The maximum Gasteiger partial charge on any atom is 0.223 e. The van der Waals surface area contributed by atoms with Crippen molar-refractivity contribution in [3.8, 4) is 0 Å². The van der Waals surface area contributed by atoms with Crippen LogP contribution in [0, 0.1) is 0 Å². The summed E-state index contributed by atoms with van der Waals surface area (Å²) in [6.07, 6.45) is 0. The van der Waals surface area contributed by atoms with Crippen LogP contribution in [-0.2, 0) is 10.5 Å². The van der Waals surface area contributed by atoms with Gasteiger partial charge in [0.05, 0.1) is 5.69 Å². The molecule has 1 aromatic heterocycles. The summed E-state index contributed by atoms with van der Waals surface area (Å²) in [5.74, 6) is 0.682. The molecule has 18 heavy (non-hydrogen) atoms. The zero-order chi connectivity index (χ0) is 13.0. The van der Waals surface area contributed by atoms with Crippen molar-refractivity contribution in [2.45, 2.75) is 17.6 Å². The van der Waals surface area contributed by atoms with Crippen LogP contribution in [0.5, 0.6) is 0 Å². The highest BCUT2D eigenvalue weighted by Gasteiger charge is 2.04. The molecule has 6 heteroatoms. The van der Waals surface area contributed by atoms with E-state index >= 15 is 0 Å². The number of hydrogen-bond acceptors (Lipinski definition) is 5. The molecule has 1 amide bonds. The van der Waals surface area contributed by atoms with Crippen LogP contribution < -0.4 is 11.1 Å². The lowest BCUT2D eigenvalue weighted by atomic mass is 10.3. The fourth-order valence-electron chi connectivity index (χ4n) is 1.30. The second-order valence-electron chi connectivity index (χ2n) is 3.68. The fraction of sp³-hybridized carbons (Fsp3) is 0.167. The van der Waals surface area contributed by atoms with Crippen molar-refractivity contribution in [1.82, 2.24) is 4.98 Å². The summed E-state index contributed by atoms with van der Waals surface area (Å²) in [6, 6.07) is 7.74. The number of nitrogens with one attached hydrogen (secondary N) is 1. The molecule has 0 bridgehead atoms. The van der Waals surface area contributed by atoms with Gasteiger partial charge in [0.1, 0.15) is 0 Å². The Bertz CT molecular complexity index is 537. The molecule has 2 aromatic rings. The van der Waals surface area contributed by atoms with Gasteiger partial charge in [-0.3, -0.25) is 4.79 Å². The monoisotopic (exact) mass is 279 g/mol. The highest BCUT2D eigenvalue weighted by atomic mass is 32.2. The summed E-state index contributed by atoms with van der Waals surface area (Å²) in [7, 11) is 0. The van der Waals surface area contributed by atoms with E-state index in [-0.39, 0.29) is 5.91 Å². The third-order valence-electron chi connectivity index (χ3n) is 2.10. The zero-order valence-corrected chi connectivity index (χ0v) is 11.5. The smallest absolute Gasteiger partial charge is 0.223 e. The molecule has 94 valence electrons. The number of aromatic nitrogens is 1. The lowest BCUT2D eigenvalue weighted by Gasteiger charge is -1.99. The first kappa shape index (κ1) is 12.9. The lowest BCUT2D eigenvalue weighted by molar-refractivity contribution is -0.114. The minimum atomic E-state index is -0.0953. The van der Waals surface area contributed by atoms with Crippen molar-refractivity contribution in [1.29, 1.82) is 0 Å². The molecule has 0 aliphatic carbocycles. The van der Waals surface area contributed by atoms with Gasteiger partial charge >= 0.3 is 0 Å². The fourth-order valence-corrected chi connectivity index (χ4v) is 2.96. The first-order chi connectivity index (χ1) is 8.63. The average Bonchev–Trinajstić information content (AvgIpc) is 2.75. The summed E-state index contributed by atoms with van der Waals surface area (Å²) in [6.45, 7) is 1.48. The topological polar surface area (TPSA) is 68.0 Å². The largest absolute Gasteiger partial charge is 0.399 e. The molecule has 0 fully saturated rings. The number of nitrogens with zero attached hydrogens (tertiary/aromatic N) is 1. The van der Waals surface area contributed by atoms with Gasteiger partial charge in [-0.2, -0.15) is 0 Å². The maximum absolute atomic E-state index is 10.9. The first-order valence-corrected chi connectivity index (χ1v) is 7.20. The molecular formula is C12H13N3OS2. The molecule has 0 saturated carbocycles. The van der Waals surface area contributed by atoms with E-state index in [4.69, 9.17) is 5.73 Å². The Kier molecular flexibility index (Phi) is 4.22. The highest BCUT2D eigenvalue weighted by Crippen LogP contribution is 2.25. The van der Waals surface area contributed by atoms with Crippen LogP contribution in [0.25, 0.3) is 0 Å². The van der Waals surface area contributed by atoms with Crippen molar-refractivity contribution in [2.24, 2.45) is 0 Å². The Morgan fingerprint density at radius 2 is 2.17 bits per heavy atom. The van der Waals surface area contributed by atoms with E-state index in [1.165, 1.54) is 18.3 Å². The van der Waals surface area contributed by atoms with Gasteiger partial charge in [-0.1, -0.05) is 0 Å². The maximum atomic E-state index is 10.9. The van der Waals surface area contributed by atoms with E-state index in [1.54, 1.807) is 11.8 Å². The predicted octanol–water partition coefficient (Wildman–Crippen LogP) is 2.98. The molecule has 0 spiro atoms. The van der Waals surface area contributed by atoms with E-state index < -0.39 is 0 Å². The van der Waals surface area contributed by atoms with Gasteiger partial charge in [-0.15, -0.1) is 23.1 Å². The standard InChI is InChI=1S/C12H13N3OS2/c1-8(16)14-12-15-10(7-18-12)6-17-11-4-2-9(13)3-5-11/h2-5,7H,6,13H2,1H3,(H,14,15,16). The van der Waals surface area contributed by atoms with Gasteiger partial charge in [0, 0.05) is 28.6 Å². The normalized spacial score (nSPS) is 10.3. The van der Waals surface area contributed by atoms with Gasteiger partial charge in [-0.25, -0.2) is 4.98 Å². The highest BCUT2D eigenvalue weighted by molar-refractivity contribution is 7.98. The number of thiazole rings is 1. The predicted molar refractivity (Wildman–Crippen MR) is 76.8 cm³/mol. The number of amides is 1. The molecule has 3 N–H and O–H groups in total. The Balaban J connectivity index is 1.92. The summed E-state index contributed by atoms with van der Waals surface area (Å²) in [4.78, 5) is 16.3. The van der Waals surface area contributed by atoms with E-state index in [0.29, 0.717) is 5.13 Å². The molecule has 4 nitrogen and oxygen atoms in total. The van der Waals surface area contributed by atoms with Gasteiger partial charge < -0.3 is 11.1 Å². The van der Waals surface area contributed by atoms with Crippen molar-refractivity contribution in [3.05, 3.63) is 35.3 Å². The van der Waals surface area contributed by atoms with Crippen molar-refractivity contribution in [2.75, 3.05) is 11.1 Å². The van der Waals surface area contributed by atoms with Crippen molar-refractivity contribution in [3.63, 3.8) is 0 Å². The third kappa shape index (κ3) is 3.75. The molecule has 0 aliphatic heterocycles. The van der Waals surface area contributed by atoms with Crippen molar-refractivity contribution >= 4 is 39.8 Å². The van der Waals surface area contributed by atoms with Gasteiger partial charge in [0.25, 0.3) is 0 Å². The molecule has 0 aliphatic rings. The van der Waals surface area contributed by atoms with Crippen molar-refractivity contribution < 1.29 is 4.79 Å². The Hall–Kier alpha value is -1.53. The number of thioether (sulfide) groups is 1. The van der Waals surface area contributed by atoms with E-state index in [9.17, 15) is 4.79 Å². The number of benzene rings is 1. The summed E-state index contributed by atoms with van der Waals surface area (Å²) < 4.78 is 0. The minimum absolute atomic E-state index is 0.0953. The summed E-state index contributed by atoms with van der Waals surface area (Å²) in [5.41, 5.74) is 7.35. The van der Waals surface area contributed by atoms with Crippen LogP contribution >= 0.6 is 23.1 Å². The van der Waals surface area contributed by atoms with Crippen LogP contribution in [0.1, 0.15) is 12.6 Å². The van der Waals surface area contributed by atoms with Crippen LogP contribution in [0.2, 0.25) is 0 Å². The van der Waals surface area contributed by atoms with E-state index in [2.05, 4.69) is 10.3 Å². The quantitative estimate of drug-likeness (QED) is 0.667. The number of nitrogens with two attached hydrogens (primary N) is 1. The number of rotatable bonds is 4. The minimum Gasteiger partial charge on any atom is -0.399 e.